The number of amides is 2. The number of pyridine rings is 1. The van der Waals surface area contributed by atoms with Crippen molar-refractivity contribution in [1.82, 2.24) is 4.57 Å². The van der Waals surface area contributed by atoms with Crippen molar-refractivity contribution in [3.63, 3.8) is 0 Å². The van der Waals surface area contributed by atoms with Crippen LogP contribution in [-0.4, -0.2) is 16.4 Å². The summed E-state index contributed by atoms with van der Waals surface area (Å²) in [6.07, 6.45) is 3.41. The minimum Gasteiger partial charge on any atom is -0.326 e. The lowest BCUT2D eigenvalue weighted by Gasteiger charge is -2.11. The average Bonchev–Trinajstić information content (AvgIpc) is 3.58. The molecule has 1 saturated carbocycles. The molecule has 0 radical (unpaired) electrons. The van der Waals surface area contributed by atoms with Gasteiger partial charge < -0.3 is 15.2 Å². The first-order chi connectivity index (χ1) is 14.5. The fraction of sp³-hybridized carbons (Fsp3) is 0.174. The van der Waals surface area contributed by atoms with Gasteiger partial charge in [0.25, 0.3) is 11.5 Å². The van der Waals surface area contributed by atoms with E-state index in [9.17, 15) is 14.4 Å². The van der Waals surface area contributed by atoms with Crippen molar-refractivity contribution in [2.24, 2.45) is 5.92 Å². The van der Waals surface area contributed by atoms with E-state index < -0.39 is 0 Å². The van der Waals surface area contributed by atoms with Crippen molar-refractivity contribution in [2.75, 3.05) is 10.6 Å². The van der Waals surface area contributed by atoms with E-state index in [2.05, 4.69) is 10.6 Å². The Morgan fingerprint density at radius 2 is 1.60 bits per heavy atom. The molecule has 4 rings (SSSR count). The molecule has 30 heavy (non-hydrogen) atoms. The molecule has 0 atom stereocenters. The fourth-order valence-corrected chi connectivity index (χ4v) is 3.22. The van der Waals surface area contributed by atoms with Crippen molar-refractivity contribution in [1.29, 1.82) is 0 Å². The largest absolute Gasteiger partial charge is 0.326 e. The summed E-state index contributed by atoms with van der Waals surface area (Å²) in [6, 6.07) is 17.1. The first kappa shape index (κ1) is 19.9. The van der Waals surface area contributed by atoms with Gasteiger partial charge in [0.05, 0.1) is 12.1 Å². The SMILES string of the molecule is O=C(Nc1ccc(NC(=O)C2CC2)cc1)c1ccc(=O)n(Cc2ccccc2Cl)c1. The Labute approximate surface area is 178 Å². The number of rotatable bonds is 6. The molecule has 2 N–H and O–H groups in total. The summed E-state index contributed by atoms with van der Waals surface area (Å²) in [7, 11) is 0. The van der Waals surface area contributed by atoms with Crippen molar-refractivity contribution >= 4 is 34.8 Å². The molecule has 2 aromatic carbocycles. The highest BCUT2D eigenvalue weighted by molar-refractivity contribution is 6.31. The van der Waals surface area contributed by atoms with Crippen LogP contribution in [0.4, 0.5) is 11.4 Å². The predicted molar refractivity (Wildman–Crippen MR) is 117 cm³/mol. The molecule has 3 aromatic rings. The molecule has 152 valence electrons. The Morgan fingerprint density at radius 1 is 0.933 bits per heavy atom. The van der Waals surface area contributed by atoms with Crippen LogP contribution in [0, 0.1) is 5.92 Å². The van der Waals surface area contributed by atoms with E-state index in [1.807, 2.05) is 18.2 Å². The van der Waals surface area contributed by atoms with Crippen LogP contribution in [0.3, 0.4) is 0 Å². The molecule has 1 aliphatic carbocycles. The molecule has 0 aliphatic heterocycles. The zero-order chi connectivity index (χ0) is 21.1. The smallest absolute Gasteiger partial charge is 0.257 e. The van der Waals surface area contributed by atoms with Gasteiger partial charge in [-0.05, 0) is 54.8 Å². The minimum absolute atomic E-state index is 0.0348. The quantitative estimate of drug-likeness (QED) is 0.627. The second-order valence-electron chi connectivity index (χ2n) is 7.27. The Hall–Kier alpha value is -3.38. The lowest BCUT2D eigenvalue weighted by Crippen LogP contribution is -2.22. The molecule has 0 spiro atoms. The maximum Gasteiger partial charge on any atom is 0.257 e. The molecule has 2 amide bonds. The third-order valence-corrected chi connectivity index (χ3v) is 5.27. The van der Waals surface area contributed by atoms with Crippen LogP contribution in [0.5, 0.6) is 0 Å². The third kappa shape index (κ3) is 4.78. The predicted octanol–water partition coefficient (Wildman–Crippen LogP) is 4.15. The number of nitrogens with one attached hydrogen (secondary N) is 2. The monoisotopic (exact) mass is 421 g/mol. The standard InChI is InChI=1S/C23H20ClN3O3/c24-20-4-2-1-3-16(20)13-27-14-17(7-12-21(27)28)23(30)26-19-10-8-18(9-11-19)25-22(29)15-5-6-15/h1-4,7-12,14-15H,5-6,13H2,(H,25,29)(H,26,30). The van der Waals surface area contributed by atoms with Crippen molar-refractivity contribution in [3.05, 3.63) is 93.4 Å². The average molecular weight is 422 g/mol. The van der Waals surface area contributed by atoms with Gasteiger partial charge in [0.2, 0.25) is 5.91 Å². The van der Waals surface area contributed by atoms with Gasteiger partial charge in [-0.25, -0.2) is 0 Å². The van der Waals surface area contributed by atoms with E-state index in [1.165, 1.54) is 22.9 Å². The summed E-state index contributed by atoms with van der Waals surface area (Å²) in [5, 5.41) is 6.22. The van der Waals surface area contributed by atoms with Gasteiger partial charge in [-0.3, -0.25) is 14.4 Å². The zero-order valence-electron chi connectivity index (χ0n) is 16.1. The Morgan fingerprint density at radius 3 is 2.27 bits per heavy atom. The summed E-state index contributed by atoms with van der Waals surface area (Å²) < 4.78 is 1.45. The van der Waals surface area contributed by atoms with Gasteiger partial charge in [0, 0.05) is 34.6 Å². The molecule has 6 nitrogen and oxygen atoms in total. The lowest BCUT2D eigenvalue weighted by atomic mass is 10.2. The molecule has 1 aromatic heterocycles. The zero-order valence-corrected chi connectivity index (χ0v) is 16.9. The number of hydrogen-bond acceptors (Lipinski definition) is 3. The third-order valence-electron chi connectivity index (χ3n) is 4.90. The van der Waals surface area contributed by atoms with E-state index >= 15 is 0 Å². The van der Waals surface area contributed by atoms with Crippen LogP contribution in [0.15, 0.2) is 71.7 Å². The highest BCUT2D eigenvalue weighted by atomic mass is 35.5. The Bertz CT molecular complexity index is 1150. The van der Waals surface area contributed by atoms with Gasteiger partial charge in [0.15, 0.2) is 0 Å². The van der Waals surface area contributed by atoms with Crippen LogP contribution in [-0.2, 0) is 11.3 Å². The lowest BCUT2D eigenvalue weighted by molar-refractivity contribution is -0.117. The molecular weight excluding hydrogens is 402 g/mol. The normalized spacial score (nSPS) is 13.0. The van der Waals surface area contributed by atoms with Gasteiger partial charge in [-0.1, -0.05) is 29.8 Å². The summed E-state index contributed by atoms with van der Waals surface area (Å²) >= 11 is 6.18. The molecule has 0 saturated heterocycles. The van der Waals surface area contributed by atoms with Crippen molar-refractivity contribution < 1.29 is 9.59 Å². The second kappa shape index (κ2) is 8.55. The van der Waals surface area contributed by atoms with Gasteiger partial charge in [0.1, 0.15) is 0 Å². The number of carbonyl (C=O) groups is 2. The van der Waals surface area contributed by atoms with Crippen LogP contribution < -0.4 is 16.2 Å². The maximum absolute atomic E-state index is 12.6. The number of anilines is 2. The number of halogens is 1. The first-order valence-corrected chi connectivity index (χ1v) is 10.0. The minimum atomic E-state index is -0.335. The Balaban J connectivity index is 1.45. The van der Waals surface area contributed by atoms with E-state index in [1.54, 1.807) is 30.3 Å². The van der Waals surface area contributed by atoms with E-state index in [4.69, 9.17) is 11.6 Å². The van der Waals surface area contributed by atoms with Crippen molar-refractivity contribution in [3.8, 4) is 0 Å². The summed E-state index contributed by atoms with van der Waals surface area (Å²) in [6.45, 7) is 0.273. The van der Waals surface area contributed by atoms with E-state index in [0.29, 0.717) is 22.0 Å². The fourth-order valence-electron chi connectivity index (χ4n) is 3.03. The molecule has 1 heterocycles. The number of nitrogens with zero attached hydrogens (tertiary/aromatic N) is 1. The number of benzene rings is 2. The molecule has 0 bridgehead atoms. The molecule has 1 fully saturated rings. The molecule has 7 heteroatoms. The number of aromatic nitrogens is 1. The molecular formula is C23H20ClN3O3. The maximum atomic E-state index is 12.6. The van der Waals surface area contributed by atoms with Crippen LogP contribution in [0.2, 0.25) is 5.02 Å². The van der Waals surface area contributed by atoms with Gasteiger partial charge >= 0.3 is 0 Å². The first-order valence-electron chi connectivity index (χ1n) is 9.66. The summed E-state index contributed by atoms with van der Waals surface area (Å²) in [5.74, 6) is -0.170. The second-order valence-corrected chi connectivity index (χ2v) is 7.68. The van der Waals surface area contributed by atoms with Crippen LogP contribution in [0.1, 0.15) is 28.8 Å². The van der Waals surface area contributed by atoms with Gasteiger partial charge in [-0.15, -0.1) is 0 Å². The number of carbonyl (C=O) groups excluding carboxylic acids is 2. The topological polar surface area (TPSA) is 80.2 Å². The van der Waals surface area contributed by atoms with E-state index in [0.717, 1.165) is 18.4 Å². The Kier molecular flexibility index (Phi) is 5.68. The summed E-state index contributed by atoms with van der Waals surface area (Å²) in [5.41, 5.74) is 2.21. The molecule has 0 unspecified atom stereocenters. The summed E-state index contributed by atoms with van der Waals surface area (Å²) in [4.78, 5) is 36.7. The van der Waals surface area contributed by atoms with Gasteiger partial charge in [-0.2, -0.15) is 0 Å². The molecule has 1 aliphatic rings. The van der Waals surface area contributed by atoms with Crippen molar-refractivity contribution in [2.45, 2.75) is 19.4 Å². The van der Waals surface area contributed by atoms with Crippen LogP contribution >= 0.6 is 11.6 Å². The van der Waals surface area contributed by atoms with E-state index in [-0.39, 0.29) is 29.8 Å². The van der Waals surface area contributed by atoms with Crippen LogP contribution in [0.25, 0.3) is 0 Å². The highest BCUT2D eigenvalue weighted by Gasteiger charge is 2.29. The highest BCUT2D eigenvalue weighted by Crippen LogP contribution is 2.30. The number of hydrogen-bond donors (Lipinski definition) is 2.